The first kappa shape index (κ1) is 21.3. The van der Waals surface area contributed by atoms with Gasteiger partial charge in [0.2, 0.25) is 0 Å². The van der Waals surface area contributed by atoms with Crippen LogP contribution in [-0.4, -0.2) is 51.7 Å². The third kappa shape index (κ3) is 4.10. The van der Waals surface area contributed by atoms with Gasteiger partial charge in [0.25, 0.3) is 0 Å². The Kier molecular flexibility index (Phi) is 5.84. The number of fused-ring (bicyclic) bond motifs is 3. The topological polar surface area (TPSA) is 101 Å². The molecule has 2 aromatic rings. The van der Waals surface area contributed by atoms with Crippen molar-refractivity contribution in [2.75, 3.05) is 17.2 Å². The molecule has 32 heavy (non-hydrogen) atoms. The maximum atomic E-state index is 15.3. The number of pyridine rings is 2. The molecule has 2 bridgehead atoms. The number of halogens is 1. The van der Waals surface area contributed by atoms with Crippen LogP contribution >= 0.6 is 0 Å². The highest BCUT2D eigenvalue weighted by molar-refractivity contribution is 5.92. The minimum Gasteiger partial charge on any atom is -0.367 e. The monoisotopic (exact) mass is 438 g/mol. The summed E-state index contributed by atoms with van der Waals surface area (Å²) in [4.78, 5) is 11.6. The quantitative estimate of drug-likeness (QED) is 0.546. The second kappa shape index (κ2) is 8.77. The maximum absolute atomic E-state index is 15.3. The molecule has 8 nitrogen and oxygen atoms in total. The van der Waals surface area contributed by atoms with Gasteiger partial charge in [-0.2, -0.15) is 5.26 Å². The van der Waals surface area contributed by atoms with Gasteiger partial charge >= 0.3 is 0 Å². The van der Waals surface area contributed by atoms with Crippen LogP contribution in [0.15, 0.2) is 12.3 Å². The summed E-state index contributed by atoms with van der Waals surface area (Å²) >= 11 is 0. The van der Waals surface area contributed by atoms with Gasteiger partial charge in [0.1, 0.15) is 11.3 Å². The van der Waals surface area contributed by atoms with Gasteiger partial charge in [-0.25, -0.2) is 14.8 Å². The molecule has 5 heterocycles. The number of hydrogen-bond donors (Lipinski definition) is 4. The van der Waals surface area contributed by atoms with E-state index in [1.807, 2.05) is 13.0 Å². The average Bonchev–Trinajstić information content (AvgIpc) is 3.28. The number of aromatic nitrogens is 2. The SMILES string of the molecule is Cc1cnc2c(F)c(NC3CC(C)NN3)nc(NC3C[C@H]4CC[C@@H](C3)N4CCC#N)c2c1. The predicted molar refractivity (Wildman–Crippen MR) is 122 cm³/mol. The largest absolute Gasteiger partial charge is 0.367 e. The second-order valence-electron chi connectivity index (χ2n) is 9.50. The Morgan fingerprint density at radius 1 is 1.19 bits per heavy atom. The first-order chi connectivity index (χ1) is 15.5. The number of aryl methyl sites for hydroxylation is 1. The Morgan fingerprint density at radius 3 is 2.66 bits per heavy atom. The van der Waals surface area contributed by atoms with Gasteiger partial charge in [-0.15, -0.1) is 0 Å². The van der Waals surface area contributed by atoms with E-state index in [1.54, 1.807) is 6.20 Å². The fraction of sp³-hybridized carbons (Fsp3) is 0.609. The molecule has 0 aromatic carbocycles. The lowest BCUT2D eigenvalue weighted by Crippen LogP contribution is -2.47. The Hall–Kier alpha value is -2.54. The van der Waals surface area contributed by atoms with E-state index in [2.05, 4.69) is 44.4 Å². The van der Waals surface area contributed by atoms with Gasteiger partial charge < -0.3 is 10.6 Å². The van der Waals surface area contributed by atoms with Crippen molar-refractivity contribution in [1.29, 1.82) is 5.26 Å². The van der Waals surface area contributed by atoms with Crippen LogP contribution in [-0.2, 0) is 0 Å². The lowest BCUT2D eigenvalue weighted by molar-refractivity contribution is 0.136. The number of rotatable bonds is 6. The summed E-state index contributed by atoms with van der Waals surface area (Å²) in [5.41, 5.74) is 7.61. The van der Waals surface area contributed by atoms with Crippen LogP contribution in [0.2, 0.25) is 0 Å². The molecule has 0 saturated carbocycles. The van der Waals surface area contributed by atoms with E-state index < -0.39 is 5.82 Å². The first-order valence-electron chi connectivity index (χ1n) is 11.6. The standard InChI is InChI=1S/C23H31FN8/c1-13-8-18-21(26-12-13)20(24)23(28-19-9-14(2)30-31-19)29-22(18)27-15-10-16-4-5-17(11-15)32(16)7-3-6-25/h8,12,14-17,19,30-31H,3-5,7,9-11H2,1-2H3,(H2,27,28,29)/t14?,15?,16-,17+,19?. The molecule has 0 aliphatic carbocycles. The summed E-state index contributed by atoms with van der Waals surface area (Å²) in [6.45, 7) is 4.89. The summed E-state index contributed by atoms with van der Waals surface area (Å²) in [5.74, 6) is 0.492. The molecule has 5 rings (SSSR count). The van der Waals surface area contributed by atoms with Crippen LogP contribution in [0.3, 0.4) is 0 Å². The van der Waals surface area contributed by atoms with Gasteiger partial charge in [0.15, 0.2) is 11.6 Å². The summed E-state index contributed by atoms with van der Waals surface area (Å²) in [7, 11) is 0. The summed E-state index contributed by atoms with van der Waals surface area (Å²) in [5, 5.41) is 16.5. The zero-order valence-electron chi connectivity index (χ0n) is 18.7. The third-order valence-electron chi connectivity index (χ3n) is 7.03. The number of hydrogen-bond acceptors (Lipinski definition) is 8. The number of hydrazine groups is 1. The smallest absolute Gasteiger partial charge is 0.191 e. The van der Waals surface area contributed by atoms with Crippen molar-refractivity contribution < 1.29 is 4.39 Å². The number of anilines is 2. The molecule has 9 heteroatoms. The van der Waals surface area contributed by atoms with Gasteiger partial charge in [-0.3, -0.25) is 15.3 Å². The average molecular weight is 439 g/mol. The van der Waals surface area contributed by atoms with Crippen LogP contribution in [0.5, 0.6) is 0 Å². The molecular formula is C23H31FN8. The zero-order chi connectivity index (χ0) is 22.2. The zero-order valence-corrected chi connectivity index (χ0v) is 18.7. The van der Waals surface area contributed by atoms with E-state index in [0.29, 0.717) is 35.9 Å². The van der Waals surface area contributed by atoms with Crippen molar-refractivity contribution in [2.45, 2.75) is 82.7 Å². The van der Waals surface area contributed by atoms with Crippen LogP contribution in [0, 0.1) is 24.1 Å². The lowest BCUT2D eigenvalue weighted by atomic mass is 9.97. The second-order valence-corrected chi connectivity index (χ2v) is 9.50. The van der Waals surface area contributed by atoms with Crippen molar-refractivity contribution in [3.8, 4) is 6.07 Å². The number of nitrogens with one attached hydrogen (secondary N) is 4. The van der Waals surface area contributed by atoms with Crippen molar-refractivity contribution in [2.24, 2.45) is 0 Å². The molecule has 4 N–H and O–H groups in total. The molecule has 3 fully saturated rings. The van der Waals surface area contributed by atoms with Crippen molar-refractivity contribution in [3.63, 3.8) is 0 Å². The molecule has 3 aliphatic rings. The van der Waals surface area contributed by atoms with Crippen LogP contribution in [0.4, 0.5) is 16.0 Å². The van der Waals surface area contributed by atoms with Gasteiger partial charge in [0, 0.05) is 48.7 Å². The Labute approximate surface area is 187 Å². The number of nitrogens with zero attached hydrogens (tertiary/aromatic N) is 4. The third-order valence-corrected chi connectivity index (χ3v) is 7.03. The molecule has 0 spiro atoms. The fourth-order valence-corrected chi connectivity index (χ4v) is 5.57. The van der Waals surface area contributed by atoms with Gasteiger partial charge in [0.05, 0.1) is 12.2 Å². The molecule has 3 unspecified atom stereocenters. The lowest BCUT2D eigenvalue weighted by Gasteiger charge is -2.39. The molecular weight excluding hydrogens is 407 g/mol. The van der Waals surface area contributed by atoms with Crippen molar-refractivity contribution in [3.05, 3.63) is 23.6 Å². The van der Waals surface area contributed by atoms with E-state index in [-0.39, 0.29) is 18.0 Å². The maximum Gasteiger partial charge on any atom is 0.191 e. The fourth-order valence-electron chi connectivity index (χ4n) is 5.57. The van der Waals surface area contributed by atoms with Gasteiger partial charge in [-0.1, -0.05) is 0 Å². The van der Waals surface area contributed by atoms with E-state index in [4.69, 9.17) is 10.2 Å². The minimum atomic E-state index is -0.418. The minimum absolute atomic E-state index is 0.0954. The summed E-state index contributed by atoms with van der Waals surface area (Å²) in [6, 6.07) is 5.80. The summed E-state index contributed by atoms with van der Waals surface area (Å²) in [6.07, 6.45) is 7.39. The van der Waals surface area contributed by atoms with Gasteiger partial charge in [-0.05, 0) is 57.6 Å². The first-order valence-corrected chi connectivity index (χ1v) is 11.6. The molecule has 0 amide bonds. The van der Waals surface area contributed by atoms with E-state index in [1.165, 1.54) is 12.8 Å². The molecule has 3 saturated heterocycles. The molecule has 2 aromatic heterocycles. The summed E-state index contributed by atoms with van der Waals surface area (Å²) < 4.78 is 15.3. The Bertz CT molecular complexity index is 1020. The predicted octanol–water partition coefficient (Wildman–Crippen LogP) is 3.02. The highest BCUT2D eigenvalue weighted by Crippen LogP contribution is 2.38. The molecule has 5 atom stereocenters. The Morgan fingerprint density at radius 2 is 1.97 bits per heavy atom. The van der Waals surface area contributed by atoms with Crippen molar-refractivity contribution in [1.82, 2.24) is 25.7 Å². The number of nitriles is 1. The highest BCUT2D eigenvalue weighted by Gasteiger charge is 2.40. The van der Waals surface area contributed by atoms with E-state index in [0.717, 1.165) is 36.8 Å². The molecule has 0 radical (unpaired) electrons. The number of piperidine rings is 1. The Balaban J connectivity index is 1.41. The normalized spacial score (nSPS) is 29.9. The molecule has 170 valence electrons. The van der Waals surface area contributed by atoms with Crippen molar-refractivity contribution >= 4 is 22.5 Å². The van der Waals surface area contributed by atoms with Crippen LogP contribution in [0.25, 0.3) is 10.9 Å². The van der Waals surface area contributed by atoms with E-state index in [9.17, 15) is 0 Å². The highest BCUT2D eigenvalue weighted by atomic mass is 19.1. The van der Waals surface area contributed by atoms with E-state index >= 15 is 4.39 Å². The van der Waals surface area contributed by atoms with Crippen LogP contribution in [0.1, 0.15) is 51.0 Å². The van der Waals surface area contributed by atoms with Crippen LogP contribution < -0.4 is 21.5 Å². The molecule has 3 aliphatic heterocycles.